The van der Waals surface area contributed by atoms with Crippen LogP contribution in [0.3, 0.4) is 0 Å². The van der Waals surface area contributed by atoms with Crippen LogP contribution in [-0.2, 0) is 0 Å². The smallest absolute Gasteiger partial charge is 0.160 e. The molecule has 0 bridgehead atoms. The van der Waals surface area contributed by atoms with Gasteiger partial charge in [-0.05, 0) is 72.8 Å². The Morgan fingerprint density at radius 2 is 0.909 bits per heavy atom. The number of nitrogens with zero attached hydrogens (tertiary/aromatic N) is 2. The van der Waals surface area contributed by atoms with Gasteiger partial charge < -0.3 is 19.3 Å². The van der Waals surface area contributed by atoms with Crippen LogP contribution in [0.25, 0.3) is 32.7 Å². The summed E-state index contributed by atoms with van der Waals surface area (Å²) >= 11 is 0. The van der Waals surface area contributed by atoms with E-state index in [1.807, 2.05) is 60.7 Å². The Labute approximate surface area is 255 Å². The number of rotatable bonds is 6. The van der Waals surface area contributed by atoms with E-state index in [1.165, 1.54) is 0 Å². The fourth-order valence-corrected chi connectivity index (χ4v) is 6.13. The number of anilines is 6. The van der Waals surface area contributed by atoms with Crippen molar-refractivity contribution in [3.63, 3.8) is 0 Å². The SMILES string of the molecule is Oc1cccc2c(N(c3ccccc3)c3ccccc3)c3oc4cc(N(c5ccccc5)c5ccccc5)ccc4c3cc12. The number of para-hydroxylation sites is 4. The molecule has 0 atom stereocenters. The molecule has 210 valence electrons. The lowest BCUT2D eigenvalue weighted by molar-refractivity contribution is 0.481. The highest BCUT2D eigenvalue weighted by Gasteiger charge is 2.24. The fraction of sp³-hybridized carbons (Fsp3) is 0. The van der Waals surface area contributed by atoms with Gasteiger partial charge in [0.2, 0.25) is 0 Å². The van der Waals surface area contributed by atoms with Crippen LogP contribution < -0.4 is 9.80 Å². The van der Waals surface area contributed by atoms with E-state index in [0.717, 1.165) is 66.8 Å². The Morgan fingerprint density at radius 1 is 0.386 bits per heavy atom. The third-order valence-electron chi connectivity index (χ3n) is 8.09. The summed E-state index contributed by atoms with van der Waals surface area (Å²) in [5.41, 5.74) is 7.51. The molecule has 4 nitrogen and oxygen atoms in total. The van der Waals surface area contributed by atoms with Gasteiger partial charge in [-0.25, -0.2) is 0 Å². The Bertz CT molecular complexity index is 2150. The minimum Gasteiger partial charge on any atom is -0.507 e. The van der Waals surface area contributed by atoms with Gasteiger partial charge in [0.05, 0.1) is 5.69 Å². The lowest BCUT2D eigenvalue weighted by Crippen LogP contribution is -2.10. The maximum Gasteiger partial charge on any atom is 0.160 e. The first-order valence-electron chi connectivity index (χ1n) is 14.7. The molecule has 7 aromatic carbocycles. The van der Waals surface area contributed by atoms with Crippen LogP contribution in [0.1, 0.15) is 0 Å². The van der Waals surface area contributed by atoms with Crippen LogP contribution in [0.2, 0.25) is 0 Å². The van der Waals surface area contributed by atoms with E-state index < -0.39 is 0 Å². The van der Waals surface area contributed by atoms with Gasteiger partial charge >= 0.3 is 0 Å². The summed E-state index contributed by atoms with van der Waals surface area (Å²) < 4.78 is 6.87. The zero-order valence-corrected chi connectivity index (χ0v) is 23.8. The number of benzene rings is 7. The molecule has 4 heteroatoms. The summed E-state index contributed by atoms with van der Waals surface area (Å²) in [5, 5.41) is 14.7. The van der Waals surface area contributed by atoms with E-state index in [2.05, 4.69) is 107 Å². The summed E-state index contributed by atoms with van der Waals surface area (Å²) in [6.07, 6.45) is 0. The third-order valence-corrected chi connectivity index (χ3v) is 8.09. The van der Waals surface area contributed by atoms with Crippen molar-refractivity contribution in [1.82, 2.24) is 0 Å². The van der Waals surface area contributed by atoms with Gasteiger partial charge in [-0.3, -0.25) is 0 Å². The molecule has 44 heavy (non-hydrogen) atoms. The molecule has 0 unspecified atom stereocenters. The molecule has 0 radical (unpaired) electrons. The standard InChI is InChI=1S/C40H28N2O2/c43-37-23-13-22-34-35(37)27-36-33-25-24-32(41(28-14-5-1-6-15-28)29-16-7-2-8-17-29)26-38(33)44-40(36)39(34)42(30-18-9-3-10-19-30)31-20-11-4-12-21-31/h1-27,43H. The first-order chi connectivity index (χ1) is 21.8. The molecule has 8 aromatic rings. The highest BCUT2D eigenvalue weighted by atomic mass is 16.3. The summed E-state index contributed by atoms with van der Waals surface area (Å²) in [6.45, 7) is 0. The molecule has 8 rings (SSSR count). The molecule has 0 aliphatic carbocycles. The van der Waals surface area contributed by atoms with E-state index in [4.69, 9.17) is 4.42 Å². The predicted molar refractivity (Wildman–Crippen MR) is 182 cm³/mol. The highest BCUT2D eigenvalue weighted by molar-refractivity contribution is 6.20. The zero-order chi connectivity index (χ0) is 29.5. The van der Waals surface area contributed by atoms with E-state index in [0.29, 0.717) is 0 Å². The second-order valence-corrected chi connectivity index (χ2v) is 10.8. The molecular formula is C40H28N2O2. The van der Waals surface area contributed by atoms with Crippen molar-refractivity contribution in [2.24, 2.45) is 0 Å². The van der Waals surface area contributed by atoms with E-state index in [1.54, 1.807) is 6.07 Å². The Balaban J connectivity index is 1.42. The fourth-order valence-electron chi connectivity index (χ4n) is 6.13. The minimum atomic E-state index is 0.233. The van der Waals surface area contributed by atoms with Crippen molar-refractivity contribution in [3.8, 4) is 5.75 Å². The lowest BCUT2D eigenvalue weighted by Gasteiger charge is -2.27. The van der Waals surface area contributed by atoms with Crippen LogP contribution in [-0.4, -0.2) is 5.11 Å². The Kier molecular flexibility index (Phi) is 6.24. The van der Waals surface area contributed by atoms with Gasteiger partial charge in [0, 0.05) is 56.0 Å². The molecule has 0 fully saturated rings. The van der Waals surface area contributed by atoms with Gasteiger partial charge in [0.25, 0.3) is 0 Å². The van der Waals surface area contributed by atoms with E-state index in [-0.39, 0.29) is 5.75 Å². The molecule has 1 heterocycles. The molecule has 1 N–H and O–H groups in total. The maximum atomic E-state index is 11.1. The van der Waals surface area contributed by atoms with Crippen molar-refractivity contribution >= 4 is 66.8 Å². The van der Waals surface area contributed by atoms with Crippen molar-refractivity contribution < 1.29 is 9.52 Å². The van der Waals surface area contributed by atoms with Crippen LogP contribution in [0.5, 0.6) is 5.75 Å². The topological polar surface area (TPSA) is 39.9 Å². The quantitative estimate of drug-likeness (QED) is 0.217. The second-order valence-electron chi connectivity index (χ2n) is 10.8. The predicted octanol–water partition coefficient (Wildman–Crippen LogP) is 11.4. The number of fused-ring (bicyclic) bond motifs is 4. The largest absolute Gasteiger partial charge is 0.507 e. The first kappa shape index (κ1) is 25.7. The van der Waals surface area contributed by atoms with Crippen molar-refractivity contribution in [2.75, 3.05) is 9.80 Å². The van der Waals surface area contributed by atoms with E-state index in [9.17, 15) is 5.11 Å². The van der Waals surface area contributed by atoms with Gasteiger partial charge in [-0.15, -0.1) is 0 Å². The summed E-state index contributed by atoms with van der Waals surface area (Å²) in [4.78, 5) is 4.45. The number of hydrogen-bond acceptors (Lipinski definition) is 4. The third kappa shape index (κ3) is 4.32. The molecule has 0 aliphatic heterocycles. The molecule has 0 spiro atoms. The number of hydrogen-bond donors (Lipinski definition) is 1. The monoisotopic (exact) mass is 568 g/mol. The van der Waals surface area contributed by atoms with Crippen molar-refractivity contribution in [2.45, 2.75) is 0 Å². The average molecular weight is 569 g/mol. The maximum absolute atomic E-state index is 11.1. The Morgan fingerprint density at radius 3 is 1.45 bits per heavy atom. The van der Waals surface area contributed by atoms with Crippen LogP contribution in [0, 0.1) is 0 Å². The minimum absolute atomic E-state index is 0.233. The van der Waals surface area contributed by atoms with Crippen LogP contribution in [0.15, 0.2) is 168 Å². The number of aromatic hydroxyl groups is 1. The molecule has 0 saturated heterocycles. The summed E-state index contributed by atoms with van der Waals surface area (Å²) in [5.74, 6) is 0.233. The number of phenolic OH excluding ortho intramolecular Hbond substituents is 1. The van der Waals surface area contributed by atoms with Crippen molar-refractivity contribution in [1.29, 1.82) is 0 Å². The van der Waals surface area contributed by atoms with Gasteiger partial charge in [-0.2, -0.15) is 0 Å². The number of phenols is 1. The number of furan rings is 1. The van der Waals surface area contributed by atoms with Crippen molar-refractivity contribution in [3.05, 3.63) is 164 Å². The molecule has 0 amide bonds. The molecule has 0 aliphatic rings. The van der Waals surface area contributed by atoms with Gasteiger partial charge in [-0.1, -0.05) is 84.9 Å². The molecule has 0 saturated carbocycles. The zero-order valence-electron chi connectivity index (χ0n) is 23.8. The average Bonchev–Trinajstić information content (AvgIpc) is 3.45. The van der Waals surface area contributed by atoms with Crippen LogP contribution in [0.4, 0.5) is 34.1 Å². The lowest BCUT2D eigenvalue weighted by atomic mass is 10.0. The van der Waals surface area contributed by atoms with Gasteiger partial charge in [0.15, 0.2) is 5.58 Å². The first-order valence-corrected chi connectivity index (χ1v) is 14.7. The van der Waals surface area contributed by atoms with E-state index >= 15 is 0 Å². The second kappa shape index (κ2) is 10.7. The normalized spacial score (nSPS) is 11.3. The van der Waals surface area contributed by atoms with Gasteiger partial charge in [0.1, 0.15) is 11.3 Å². The molecule has 1 aromatic heterocycles. The Hall–Kier alpha value is -6.00. The van der Waals surface area contributed by atoms with Crippen LogP contribution >= 0.6 is 0 Å². The summed E-state index contributed by atoms with van der Waals surface area (Å²) in [7, 11) is 0. The summed E-state index contributed by atoms with van der Waals surface area (Å²) in [6, 6.07) is 55.4. The molecular weight excluding hydrogens is 540 g/mol. The highest BCUT2D eigenvalue weighted by Crippen LogP contribution is 2.48.